The molecule has 94 valence electrons. The first kappa shape index (κ1) is 14.2. The summed E-state index contributed by atoms with van der Waals surface area (Å²) >= 11 is 0. The van der Waals surface area contributed by atoms with E-state index >= 15 is 0 Å². The van der Waals surface area contributed by atoms with Crippen LogP contribution in [-0.2, 0) is 0 Å². The van der Waals surface area contributed by atoms with Gasteiger partial charge in [-0.1, -0.05) is 19.1 Å². The molecule has 0 aromatic heterocycles. The number of hydrogen-bond acceptors (Lipinski definition) is 2. The van der Waals surface area contributed by atoms with E-state index in [4.69, 9.17) is 0 Å². The van der Waals surface area contributed by atoms with Crippen LogP contribution in [0.25, 0.3) is 0 Å². The maximum Gasteiger partial charge on any atom is 0.104 e. The fourth-order valence-corrected chi connectivity index (χ4v) is 2.30. The van der Waals surface area contributed by atoms with Gasteiger partial charge in [0.15, 0.2) is 0 Å². The van der Waals surface area contributed by atoms with Crippen molar-refractivity contribution in [1.29, 1.82) is 0 Å². The number of hydrogen-bond donors (Lipinski definition) is 1. The van der Waals surface area contributed by atoms with Crippen molar-refractivity contribution < 1.29 is 0 Å². The molecule has 1 heterocycles. The smallest absolute Gasteiger partial charge is 0.104 e. The Hall–Kier alpha value is -0.830. The van der Waals surface area contributed by atoms with E-state index in [2.05, 4.69) is 50.1 Å². The van der Waals surface area contributed by atoms with Gasteiger partial charge in [0.05, 0.1) is 6.54 Å². The Kier molecular flexibility index (Phi) is 4.75. The van der Waals surface area contributed by atoms with Crippen LogP contribution in [0, 0.1) is 20.8 Å². The van der Waals surface area contributed by atoms with Crippen molar-refractivity contribution in [2.75, 3.05) is 13.1 Å². The van der Waals surface area contributed by atoms with Crippen molar-refractivity contribution in [2.45, 2.75) is 33.6 Å². The maximum absolute atomic E-state index is 4.51. The molecule has 0 radical (unpaired) electrons. The van der Waals surface area contributed by atoms with E-state index in [1.165, 1.54) is 22.3 Å². The summed E-state index contributed by atoms with van der Waals surface area (Å²) in [4.78, 5) is 4.51. The first-order valence-electron chi connectivity index (χ1n) is 5.96. The zero-order chi connectivity index (χ0) is 11.7. The van der Waals surface area contributed by atoms with Crippen LogP contribution >= 0.6 is 17.0 Å². The molecule has 1 unspecified atom stereocenters. The van der Waals surface area contributed by atoms with Gasteiger partial charge in [0, 0.05) is 12.5 Å². The zero-order valence-corrected chi connectivity index (χ0v) is 12.7. The highest BCUT2D eigenvalue weighted by Gasteiger charge is 2.18. The van der Waals surface area contributed by atoms with Gasteiger partial charge in [0.25, 0.3) is 0 Å². The molecule has 1 atom stereocenters. The molecule has 0 aliphatic carbocycles. The topological polar surface area (TPSA) is 24.4 Å². The lowest BCUT2D eigenvalue weighted by Gasteiger charge is -2.18. The number of halogens is 1. The molecule has 0 saturated carbocycles. The summed E-state index contributed by atoms with van der Waals surface area (Å²) in [5.41, 5.74) is 5.58. The first-order chi connectivity index (χ1) is 7.61. The number of aliphatic imine (C=N–C) groups is 1. The number of amidine groups is 1. The van der Waals surface area contributed by atoms with Crippen molar-refractivity contribution in [3.05, 3.63) is 34.4 Å². The maximum atomic E-state index is 4.51. The molecule has 1 aromatic carbocycles. The molecule has 0 saturated heterocycles. The monoisotopic (exact) mass is 296 g/mol. The van der Waals surface area contributed by atoms with Crippen molar-refractivity contribution in [2.24, 2.45) is 4.99 Å². The van der Waals surface area contributed by atoms with E-state index in [1.54, 1.807) is 0 Å². The second-order valence-corrected chi connectivity index (χ2v) is 4.64. The number of aryl methyl sites for hydroxylation is 1. The first-order valence-corrected chi connectivity index (χ1v) is 5.96. The molecule has 1 aromatic rings. The number of benzene rings is 1. The Morgan fingerprint density at radius 1 is 1.18 bits per heavy atom. The standard InChI is InChI=1S/C14H20N2.BrH/c1-9-5-6-13(11(3)10(9)2)12(4)14-15-7-8-16-14;/h5-6,12H,7-8H2,1-4H3,(H,15,16);1H. The average molecular weight is 297 g/mol. The molecule has 17 heavy (non-hydrogen) atoms. The SMILES string of the molecule is Br.Cc1ccc(C(C)C2=NCCN2)c(C)c1C. The summed E-state index contributed by atoms with van der Waals surface area (Å²) < 4.78 is 0. The third kappa shape index (κ3) is 2.71. The molecule has 0 bridgehead atoms. The van der Waals surface area contributed by atoms with E-state index in [-0.39, 0.29) is 17.0 Å². The highest BCUT2D eigenvalue weighted by Crippen LogP contribution is 2.25. The molecular formula is C14H21BrN2. The number of nitrogens with one attached hydrogen (secondary N) is 1. The van der Waals surface area contributed by atoms with Crippen molar-refractivity contribution in [3.63, 3.8) is 0 Å². The normalized spacial score (nSPS) is 15.9. The van der Waals surface area contributed by atoms with Crippen LogP contribution in [0.4, 0.5) is 0 Å². The van der Waals surface area contributed by atoms with Crippen LogP contribution in [0.15, 0.2) is 17.1 Å². The van der Waals surface area contributed by atoms with Crippen LogP contribution in [0.2, 0.25) is 0 Å². The highest BCUT2D eigenvalue weighted by molar-refractivity contribution is 8.93. The predicted molar refractivity (Wildman–Crippen MR) is 79.7 cm³/mol. The van der Waals surface area contributed by atoms with E-state index < -0.39 is 0 Å². The predicted octanol–water partition coefficient (Wildman–Crippen LogP) is 3.29. The third-order valence-corrected chi connectivity index (χ3v) is 3.68. The fourth-order valence-electron chi connectivity index (χ4n) is 2.30. The molecule has 1 aliphatic rings. The Morgan fingerprint density at radius 2 is 1.88 bits per heavy atom. The van der Waals surface area contributed by atoms with Crippen LogP contribution < -0.4 is 5.32 Å². The summed E-state index contributed by atoms with van der Waals surface area (Å²) in [6, 6.07) is 4.45. The van der Waals surface area contributed by atoms with Gasteiger partial charge in [-0.2, -0.15) is 0 Å². The molecule has 2 nitrogen and oxygen atoms in total. The second kappa shape index (κ2) is 5.67. The largest absolute Gasteiger partial charge is 0.371 e. The quantitative estimate of drug-likeness (QED) is 0.890. The van der Waals surface area contributed by atoms with Crippen molar-refractivity contribution >= 4 is 22.8 Å². The van der Waals surface area contributed by atoms with Crippen LogP contribution in [0.5, 0.6) is 0 Å². The summed E-state index contributed by atoms with van der Waals surface area (Å²) in [6.07, 6.45) is 0. The lowest BCUT2D eigenvalue weighted by Crippen LogP contribution is -2.24. The summed E-state index contributed by atoms with van der Waals surface area (Å²) in [5, 5.41) is 3.37. The highest BCUT2D eigenvalue weighted by atomic mass is 79.9. The Bertz CT molecular complexity index is 438. The lowest BCUT2D eigenvalue weighted by atomic mass is 9.90. The van der Waals surface area contributed by atoms with Gasteiger partial charge in [-0.05, 0) is 43.0 Å². The second-order valence-electron chi connectivity index (χ2n) is 4.64. The van der Waals surface area contributed by atoms with E-state index in [9.17, 15) is 0 Å². The third-order valence-electron chi connectivity index (χ3n) is 3.68. The summed E-state index contributed by atoms with van der Waals surface area (Å²) in [7, 11) is 0. The van der Waals surface area contributed by atoms with Gasteiger partial charge in [0.1, 0.15) is 5.84 Å². The molecule has 3 heteroatoms. The minimum Gasteiger partial charge on any atom is -0.371 e. The Morgan fingerprint density at radius 3 is 2.47 bits per heavy atom. The van der Waals surface area contributed by atoms with Gasteiger partial charge in [-0.15, -0.1) is 17.0 Å². The van der Waals surface area contributed by atoms with E-state index in [0.29, 0.717) is 5.92 Å². The lowest BCUT2D eigenvalue weighted by molar-refractivity contribution is 0.911. The van der Waals surface area contributed by atoms with Gasteiger partial charge < -0.3 is 5.32 Å². The van der Waals surface area contributed by atoms with Crippen LogP contribution in [0.3, 0.4) is 0 Å². The van der Waals surface area contributed by atoms with Crippen LogP contribution in [-0.4, -0.2) is 18.9 Å². The van der Waals surface area contributed by atoms with E-state index in [1.807, 2.05) is 0 Å². The molecule has 2 rings (SSSR count). The fraction of sp³-hybridized carbons (Fsp3) is 0.500. The van der Waals surface area contributed by atoms with Crippen molar-refractivity contribution in [1.82, 2.24) is 5.32 Å². The minimum atomic E-state index is 0. The van der Waals surface area contributed by atoms with Gasteiger partial charge in [-0.3, -0.25) is 4.99 Å². The molecule has 0 spiro atoms. The van der Waals surface area contributed by atoms with Crippen molar-refractivity contribution in [3.8, 4) is 0 Å². The van der Waals surface area contributed by atoms with Gasteiger partial charge >= 0.3 is 0 Å². The molecule has 1 N–H and O–H groups in total. The molecular weight excluding hydrogens is 276 g/mol. The van der Waals surface area contributed by atoms with Gasteiger partial charge in [-0.25, -0.2) is 0 Å². The summed E-state index contributed by atoms with van der Waals surface area (Å²) in [6.45, 7) is 10.7. The number of rotatable bonds is 2. The van der Waals surface area contributed by atoms with E-state index in [0.717, 1.165) is 18.9 Å². The van der Waals surface area contributed by atoms with Crippen LogP contribution in [0.1, 0.15) is 35.1 Å². The zero-order valence-electron chi connectivity index (χ0n) is 11.0. The summed E-state index contributed by atoms with van der Waals surface area (Å²) in [5.74, 6) is 1.54. The molecule has 0 amide bonds. The minimum absolute atomic E-state index is 0. The Labute approximate surface area is 114 Å². The molecule has 0 fully saturated rings. The average Bonchev–Trinajstić information content (AvgIpc) is 2.79. The number of nitrogens with zero attached hydrogens (tertiary/aromatic N) is 1. The van der Waals surface area contributed by atoms with Gasteiger partial charge in [0.2, 0.25) is 0 Å². The Balaban J connectivity index is 0.00000144. The molecule has 1 aliphatic heterocycles.